The number of nitrogens with zero attached hydrogens (tertiary/aromatic N) is 1. The minimum Gasteiger partial charge on any atom is -0.491 e. The molecule has 1 aromatic rings. The Morgan fingerprint density at radius 2 is 1.89 bits per heavy atom. The molecule has 1 aromatic carbocycles. The summed E-state index contributed by atoms with van der Waals surface area (Å²) in [5.41, 5.74) is 2.09. The van der Waals surface area contributed by atoms with Gasteiger partial charge in [0.25, 0.3) is 0 Å². The second-order valence-corrected chi connectivity index (χ2v) is 7.97. The number of ether oxygens (including phenoxy) is 2. The number of nitrogens with one attached hydrogen (secondary N) is 3. The van der Waals surface area contributed by atoms with Gasteiger partial charge in [-0.15, -0.1) is 24.0 Å². The number of aliphatic imine (C=N–C) groups is 1. The van der Waals surface area contributed by atoms with E-state index in [1.807, 2.05) is 32.0 Å². The fourth-order valence-corrected chi connectivity index (χ4v) is 2.77. The van der Waals surface area contributed by atoms with E-state index >= 15 is 0 Å². The summed E-state index contributed by atoms with van der Waals surface area (Å²) in [6.07, 6.45) is 0. The molecule has 162 valence electrons. The molecule has 8 nitrogen and oxygen atoms in total. The number of halogens is 1. The number of hydrogen-bond donors (Lipinski definition) is 3. The third-order valence-electron chi connectivity index (χ3n) is 3.64. The van der Waals surface area contributed by atoms with Gasteiger partial charge in [-0.25, -0.2) is 18.1 Å². The normalized spacial score (nSPS) is 11.6. The summed E-state index contributed by atoms with van der Waals surface area (Å²) in [6.45, 7) is 8.49. The van der Waals surface area contributed by atoms with Crippen molar-refractivity contribution in [1.29, 1.82) is 0 Å². The van der Waals surface area contributed by atoms with E-state index in [4.69, 9.17) is 9.47 Å². The largest absolute Gasteiger partial charge is 0.491 e. The lowest BCUT2D eigenvalue weighted by atomic mass is 10.1. The number of hydrogen-bond acceptors (Lipinski definition) is 5. The number of methoxy groups -OCH3 is 1. The van der Waals surface area contributed by atoms with Crippen molar-refractivity contribution < 1.29 is 17.9 Å². The number of benzene rings is 1. The smallest absolute Gasteiger partial charge is 0.211 e. The maximum absolute atomic E-state index is 11.4. The van der Waals surface area contributed by atoms with Gasteiger partial charge in [0.15, 0.2) is 5.96 Å². The minimum atomic E-state index is -3.18. The standard InChI is InChI=1S/C18H32N4O4S.HI/c1-5-19-18(20-9-10-22-27(23,24)6-2)21-14-16-8-7-15(3)13-17(16)26-12-11-25-4;/h7-8,13,22H,5-6,9-12,14H2,1-4H3,(H2,19,20,21);1H. The minimum absolute atomic E-state index is 0. The molecule has 0 spiro atoms. The van der Waals surface area contributed by atoms with Gasteiger partial charge in [0, 0.05) is 32.3 Å². The topological polar surface area (TPSA) is 101 Å². The van der Waals surface area contributed by atoms with Gasteiger partial charge < -0.3 is 20.1 Å². The van der Waals surface area contributed by atoms with Crippen LogP contribution in [0.5, 0.6) is 5.75 Å². The predicted molar refractivity (Wildman–Crippen MR) is 124 cm³/mol. The van der Waals surface area contributed by atoms with Crippen LogP contribution in [0.15, 0.2) is 23.2 Å². The van der Waals surface area contributed by atoms with Crippen LogP contribution >= 0.6 is 24.0 Å². The first kappa shape index (κ1) is 26.9. The average molecular weight is 528 g/mol. The van der Waals surface area contributed by atoms with Crippen LogP contribution in [0.2, 0.25) is 0 Å². The van der Waals surface area contributed by atoms with E-state index in [2.05, 4.69) is 20.3 Å². The van der Waals surface area contributed by atoms with E-state index in [9.17, 15) is 8.42 Å². The molecule has 10 heteroatoms. The first-order valence-electron chi connectivity index (χ1n) is 9.12. The Morgan fingerprint density at radius 1 is 1.14 bits per heavy atom. The lowest BCUT2D eigenvalue weighted by Crippen LogP contribution is -2.41. The van der Waals surface area contributed by atoms with Crippen LogP contribution < -0.4 is 20.1 Å². The molecule has 0 aliphatic rings. The van der Waals surface area contributed by atoms with E-state index in [1.165, 1.54) is 0 Å². The molecule has 0 saturated heterocycles. The maximum atomic E-state index is 11.4. The molecule has 0 atom stereocenters. The fourth-order valence-electron chi connectivity index (χ4n) is 2.16. The number of sulfonamides is 1. The van der Waals surface area contributed by atoms with Crippen molar-refractivity contribution in [1.82, 2.24) is 15.4 Å². The molecule has 0 amide bonds. The highest BCUT2D eigenvalue weighted by Crippen LogP contribution is 2.21. The predicted octanol–water partition coefficient (Wildman–Crippen LogP) is 1.63. The van der Waals surface area contributed by atoms with E-state index < -0.39 is 10.0 Å². The molecule has 0 aromatic heterocycles. The lowest BCUT2D eigenvalue weighted by molar-refractivity contribution is 0.146. The van der Waals surface area contributed by atoms with E-state index in [-0.39, 0.29) is 29.7 Å². The summed E-state index contributed by atoms with van der Waals surface area (Å²) in [6, 6.07) is 6.01. The van der Waals surface area contributed by atoms with Crippen LogP contribution in [0.3, 0.4) is 0 Å². The zero-order valence-corrected chi connectivity index (χ0v) is 20.2. The van der Waals surface area contributed by atoms with Crippen molar-refractivity contribution in [2.75, 3.05) is 45.7 Å². The Kier molecular flexibility index (Phi) is 14.2. The highest BCUT2D eigenvalue weighted by molar-refractivity contribution is 14.0. The molecule has 1 rings (SSSR count). The van der Waals surface area contributed by atoms with Gasteiger partial charge in [-0.05, 0) is 32.4 Å². The zero-order chi connectivity index (χ0) is 20.1. The number of guanidine groups is 1. The quantitative estimate of drug-likeness (QED) is 0.165. The maximum Gasteiger partial charge on any atom is 0.211 e. The fraction of sp³-hybridized carbons (Fsp3) is 0.611. The Morgan fingerprint density at radius 3 is 2.54 bits per heavy atom. The Labute approximate surface area is 185 Å². The molecule has 3 N–H and O–H groups in total. The summed E-state index contributed by atoms with van der Waals surface area (Å²) in [5.74, 6) is 1.49. The molecule has 0 aliphatic carbocycles. The third-order valence-corrected chi connectivity index (χ3v) is 5.04. The van der Waals surface area contributed by atoms with Gasteiger partial charge >= 0.3 is 0 Å². The molecule has 0 fully saturated rings. The molecule has 0 unspecified atom stereocenters. The van der Waals surface area contributed by atoms with Gasteiger partial charge in [-0.2, -0.15) is 0 Å². The summed E-state index contributed by atoms with van der Waals surface area (Å²) in [7, 11) is -1.54. The molecular weight excluding hydrogens is 495 g/mol. The van der Waals surface area contributed by atoms with Crippen molar-refractivity contribution in [3.05, 3.63) is 29.3 Å². The Bertz CT molecular complexity index is 699. The third kappa shape index (κ3) is 11.0. The van der Waals surface area contributed by atoms with Crippen LogP contribution in [0.25, 0.3) is 0 Å². The van der Waals surface area contributed by atoms with Crippen molar-refractivity contribution in [2.24, 2.45) is 4.99 Å². The molecule has 0 bridgehead atoms. The van der Waals surface area contributed by atoms with Crippen LogP contribution in [0.4, 0.5) is 0 Å². The molecule has 0 aliphatic heterocycles. The summed E-state index contributed by atoms with van der Waals surface area (Å²) in [5, 5.41) is 6.27. The highest BCUT2D eigenvalue weighted by atomic mass is 127. The van der Waals surface area contributed by atoms with Crippen molar-refractivity contribution in [3.8, 4) is 5.75 Å². The van der Waals surface area contributed by atoms with Gasteiger partial charge in [0.05, 0.1) is 18.9 Å². The lowest BCUT2D eigenvalue weighted by Gasteiger charge is -2.14. The second kappa shape index (κ2) is 14.8. The first-order valence-corrected chi connectivity index (χ1v) is 10.8. The van der Waals surface area contributed by atoms with E-state index in [0.29, 0.717) is 45.4 Å². The molecule has 28 heavy (non-hydrogen) atoms. The van der Waals surface area contributed by atoms with Crippen LogP contribution in [0, 0.1) is 6.92 Å². The SMILES string of the molecule is CCNC(=NCc1ccc(C)cc1OCCOC)NCCNS(=O)(=O)CC.I. The Balaban J connectivity index is 0.00000729. The Hall–Kier alpha value is -1.11. The number of aryl methyl sites for hydroxylation is 1. The monoisotopic (exact) mass is 528 g/mol. The summed E-state index contributed by atoms with van der Waals surface area (Å²) in [4.78, 5) is 4.56. The zero-order valence-electron chi connectivity index (χ0n) is 17.1. The number of rotatable bonds is 12. The van der Waals surface area contributed by atoms with E-state index in [1.54, 1.807) is 14.0 Å². The molecule has 0 radical (unpaired) electrons. The second-order valence-electron chi connectivity index (χ2n) is 5.87. The summed E-state index contributed by atoms with van der Waals surface area (Å²) >= 11 is 0. The van der Waals surface area contributed by atoms with Crippen molar-refractivity contribution in [2.45, 2.75) is 27.3 Å². The van der Waals surface area contributed by atoms with E-state index in [0.717, 1.165) is 16.9 Å². The van der Waals surface area contributed by atoms with Gasteiger partial charge in [-0.1, -0.05) is 12.1 Å². The molecular formula is C18H33IN4O4S. The van der Waals surface area contributed by atoms with Crippen molar-refractivity contribution in [3.63, 3.8) is 0 Å². The van der Waals surface area contributed by atoms with Crippen LogP contribution in [-0.4, -0.2) is 60.1 Å². The van der Waals surface area contributed by atoms with Crippen molar-refractivity contribution >= 4 is 40.0 Å². The van der Waals surface area contributed by atoms with Gasteiger partial charge in [-0.3, -0.25) is 0 Å². The van der Waals surface area contributed by atoms with Gasteiger partial charge in [0.2, 0.25) is 10.0 Å². The summed E-state index contributed by atoms with van der Waals surface area (Å²) < 4.78 is 36.2. The van der Waals surface area contributed by atoms with Crippen LogP contribution in [0.1, 0.15) is 25.0 Å². The first-order chi connectivity index (χ1) is 12.9. The highest BCUT2D eigenvalue weighted by Gasteiger charge is 2.07. The van der Waals surface area contributed by atoms with Crippen LogP contribution in [-0.2, 0) is 21.3 Å². The van der Waals surface area contributed by atoms with Gasteiger partial charge in [0.1, 0.15) is 12.4 Å². The average Bonchev–Trinajstić information content (AvgIpc) is 2.64. The molecule has 0 saturated carbocycles. The molecule has 0 heterocycles.